The molecule has 0 aliphatic rings. The number of hydrogen-bond acceptors (Lipinski definition) is 3. The fourth-order valence-electron chi connectivity index (χ4n) is 1.34. The van der Waals surface area contributed by atoms with Crippen molar-refractivity contribution in [1.29, 1.82) is 0 Å². The van der Waals surface area contributed by atoms with Crippen molar-refractivity contribution in [2.75, 3.05) is 26.1 Å². The minimum atomic E-state index is 0.796. The molecule has 1 N–H and O–H groups in total. The van der Waals surface area contributed by atoms with Gasteiger partial charge in [0.05, 0.1) is 19.9 Å². The summed E-state index contributed by atoms with van der Waals surface area (Å²) in [5.41, 5.74) is 0.930. The van der Waals surface area contributed by atoms with Crippen molar-refractivity contribution in [2.24, 2.45) is 0 Å². The van der Waals surface area contributed by atoms with Crippen LogP contribution in [0.4, 0.5) is 5.69 Å². The minimum Gasteiger partial charge on any atom is -0.497 e. The summed E-state index contributed by atoms with van der Waals surface area (Å²) in [6.45, 7) is 2.64. The molecule has 1 aromatic carbocycles. The lowest BCUT2D eigenvalue weighted by Gasteiger charge is -2.11. The SMILES string of the molecule is CC#CCCNc1cc(OC)ccc1OC. The van der Waals surface area contributed by atoms with Crippen LogP contribution in [-0.4, -0.2) is 20.8 Å². The molecule has 1 rings (SSSR count). The summed E-state index contributed by atoms with van der Waals surface area (Å²) in [6.07, 6.45) is 0.816. The summed E-state index contributed by atoms with van der Waals surface area (Å²) in [6, 6.07) is 5.67. The van der Waals surface area contributed by atoms with Gasteiger partial charge in [0.2, 0.25) is 0 Å². The predicted molar refractivity (Wildman–Crippen MR) is 66.1 cm³/mol. The van der Waals surface area contributed by atoms with Gasteiger partial charge in [-0.3, -0.25) is 0 Å². The van der Waals surface area contributed by atoms with Gasteiger partial charge in [-0.15, -0.1) is 11.8 Å². The summed E-state index contributed by atoms with van der Waals surface area (Å²) in [4.78, 5) is 0. The van der Waals surface area contributed by atoms with Crippen molar-refractivity contribution < 1.29 is 9.47 Å². The highest BCUT2D eigenvalue weighted by Gasteiger charge is 2.03. The smallest absolute Gasteiger partial charge is 0.142 e. The molecule has 16 heavy (non-hydrogen) atoms. The molecule has 0 aliphatic carbocycles. The average Bonchev–Trinajstić information content (AvgIpc) is 2.34. The highest BCUT2D eigenvalue weighted by Crippen LogP contribution is 2.28. The molecular weight excluding hydrogens is 202 g/mol. The molecule has 0 atom stereocenters. The van der Waals surface area contributed by atoms with Gasteiger partial charge in [-0.2, -0.15) is 0 Å². The van der Waals surface area contributed by atoms with Gasteiger partial charge in [0.15, 0.2) is 0 Å². The average molecular weight is 219 g/mol. The first-order valence-corrected chi connectivity index (χ1v) is 5.17. The first kappa shape index (κ1) is 12.3. The third-order valence-electron chi connectivity index (χ3n) is 2.15. The Morgan fingerprint density at radius 1 is 1.25 bits per heavy atom. The first-order chi connectivity index (χ1) is 7.81. The molecule has 0 aromatic heterocycles. The van der Waals surface area contributed by atoms with Gasteiger partial charge in [-0.05, 0) is 19.1 Å². The zero-order valence-corrected chi connectivity index (χ0v) is 9.96. The Morgan fingerprint density at radius 3 is 2.69 bits per heavy atom. The second kappa shape index (κ2) is 6.62. The van der Waals surface area contributed by atoms with Gasteiger partial charge < -0.3 is 14.8 Å². The van der Waals surface area contributed by atoms with Crippen LogP contribution in [0, 0.1) is 11.8 Å². The molecule has 0 amide bonds. The highest BCUT2D eigenvalue weighted by atomic mass is 16.5. The van der Waals surface area contributed by atoms with E-state index < -0.39 is 0 Å². The number of anilines is 1. The van der Waals surface area contributed by atoms with E-state index in [1.54, 1.807) is 14.2 Å². The summed E-state index contributed by atoms with van der Waals surface area (Å²) < 4.78 is 10.4. The van der Waals surface area contributed by atoms with Crippen molar-refractivity contribution in [2.45, 2.75) is 13.3 Å². The van der Waals surface area contributed by atoms with Gasteiger partial charge in [-0.1, -0.05) is 0 Å². The third-order valence-corrected chi connectivity index (χ3v) is 2.15. The maximum atomic E-state index is 5.25. The summed E-state index contributed by atoms with van der Waals surface area (Å²) in [7, 11) is 3.30. The fourth-order valence-corrected chi connectivity index (χ4v) is 1.34. The van der Waals surface area contributed by atoms with Crippen LogP contribution >= 0.6 is 0 Å². The van der Waals surface area contributed by atoms with Crippen molar-refractivity contribution >= 4 is 5.69 Å². The maximum Gasteiger partial charge on any atom is 0.142 e. The Bertz CT molecular complexity index is 391. The molecule has 0 fully saturated rings. The molecule has 0 radical (unpaired) electrons. The van der Waals surface area contributed by atoms with E-state index in [4.69, 9.17) is 9.47 Å². The molecule has 1 aromatic rings. The zero-order chi connectivity index (χ0) is 11.8. The van der Waals surface area contributed by atoms with Gasteiger partial charge in [0.25, 0.3) is 0 Å². The lowest BCUT2D eigenvalue weighted by atomic mass is 10.2. The molecule has 0 saturated heterocycles. The Morgan fingerprint density at radius 2 is 2.06 bits per heavy atom. The molecule has 0 unspecified atom stereocenters. The van der Waals surface area contributed by atoms with E-state index in [9.17, 15) is 0 Å². The number of rotatable bonds is 5. The van der Waals surface area contributed by atoms with Crippen LogP contribution in [0.3, 0.4) is 0 Å². The van der Waals surface area contributed by atoms with Crippen LogP contribution in [0.2, 0.25) is 0 Å². The topological polar surface area (TPSA) is 30.5 Å². The second-order valence-electron chi connectivity index (χ2n) is 3.17. The van der Waals surface area contributed by atoms with Crippen LogP contribution in [-0.2, 0) is 0 Å². The Balaban J connectivity index is 2.69. The van der Waals surface area contributed by atoms with E-state index >= 15 is 0 Å². The molecular formula is C13H17NO2. The van der Waals surface area contributed by atoms with Crippen molar-refractivity contribution in [1.82, 2.24) is 0 Å². The summed E-state index contributed by atoms with van der Waals surface area (Å²) in [5, 5.41) is 3.27. The van der Waals surface area contributed by atoms with Crippen LogP contribution < -0.4 is 14.8 Å². The van der Waals surface area contributed by atoms with E-state index in [1.807, 2.05) is 25.1 Å². The molecule has 0 heterocycles. The lowest BCUT2D eigenvalue weighted by molar-refractivity contribution is 0.404. The summed E-state index contributed by atoms with van der Waals surface area (Å²) >= 11 is 0. The fraction of sp³-hybridized carbons (Fsp3) is 0.385. The molecule has 0 spiro atoms. The zero-order valence-electron chi connectivity index (χ0n) is 9.96. The van der Waals surface area contributed by atoms with Gasteiger partial charge in [0, 0.05) is 19.0 Å². The van der Waals surface area contributed by atoms with E-state index in [1.165, 1.54) is 0 Å². The molecule has 3 nitrogen and oxygen atoms in total. The quantitative estimate of drug-likeness (QED) is 0.609. The number of ether oxygens (including phenoxy) is 2. The molecule has 86 valence electrons. The van der Waals surface area contributed by atoms with Gasteiger partial charge in [-0.25, -0.2) is 0 Å². The minimum absolute atomic E-state index is 0.796. The second-order valence-corrected chi connectivity index (χ2v) is 3.17. The van der Waals surface area contributed by atoms with Crippen LogP contribution in [0.25, 0.3) is 0 Å². The van der Waals surface area contributed by atoms with Crippen molar-refractivity contribution in [3.8, 4) is 23.3 Å². The molecule has 0 saturated carbocycles. The normalized spacial score (nSPS) is 8.94. The summed E-state index contributed by atoms with van der Waals surface area (Å²) in [5.74, 6) is 7.48. The number of hydrogen-bond donors (Lipinski definition) is 1. The maximum absolute atomic E-state index is 5.25. The molecule has 0 bridgehead atoms. The van der Waals surface area contributed by atoms with Crippen LogP contribution in [0.15, 0.2) is 18.2 Å². The largest absolute Gasteiger partial charge is 0.497 e. The van der Waals surface area contributed by atoms with E-state index in [-0.39, 0.29) is 0 Å². The standard InChI is InChI=1S/C13H17NO2/c1-4-5-6-9-14-12-10-11(15-2)7-8-13(12)16-3/h7-8,10,14H,6,9H2,1-3H3. The van der Waals surface area contributed by atoms with Gasteiger partial charge in [0.1, 0.15) is 11.5 Å². The monoisotopic (exact) mass is 219 g/mol. The lowest BCUT2D eigenvalue weighted by Crippen LogP contribution is -2.02. The predicted octanol–water partition coefficient (Wildman–Crippen LogP) is 2.53. The van der Waals surface area contributed by atoms with Gasteiger partial charge >= 0.3 is 0 Å². The van der Waals surface area contributed by atoms with E-state index in [0.29, 0.717) is 0 Å². The van der Waals surface area contributed by atoms with E-state index in [2.05, 4.69) is 17.2 Å². The van der Waals surface area contributed by atoms with Crippen molar-refractivity contribution in [3.63, 3.8) is 0 Å². The third kappa shape index (κ3) is 3.39. The highest BCUT2D eigenvalue weighted by molar-refractivity contribution is 5.59. The molecule has 0 aliphatic heterocycles. The van der Waals surface area contributed by atoms with E-state index in [0.717, 1.165) is 30.2 Å². The van der Waals surface area contributed by atoms with Crippen LogP contribution in [0.5, 0.6) is 11.5 Å². The Hall–Kier alpha value is -1.82. The number of methoxy groups -OCH3 is 2. The first-order valence-electron chi connectivity index (χ1n) is 5.17. The molecule has 3 heteroatoms. The number of benzene rings is 1. The number of nitrogens with one attached hydrogen (secondary N) is 1. The Kier molecular flexibility index (Phi) is 5.07. The van der Waals surface area contributed by atoms with Crippen LogP contribution in [0.1, 0.15) is 13.3 Å². The van der Waals surface area contributed by atoms with Crippen molar-refractivity contribution in [3.05, 3.63) is 18.2 Å². The Labute approximate surface area is 96.8 Å².